The Kier molecular flexibility index (Phi) is 6.10. The maximum absolute atomic E-state index is 12.0. The lowest BCUT2D eigenvalue weighted by molar-refractivity contribution is -0.117. The Morgan fingerprint density at radius 2 is 1.59 bits per heavy atom. The highest BCUT2D eigenvalue weighted by Crippen LogP contribution is 2.33. The molecule has 0 aliphatic rings. The van der Waals surface area contributed by atoms with Crippen molar-refractivity contribution in [2.24, 2.45) is 5.41 Å². The fourth-order valence-electron chi connectivity index (χ4n) is 0.848. The summed E-state index contributed by atoms with van der Waals surface area (Å²) in [5, 5.41) is 0.203. The topological polar surface area (TPSA) is 26.3 Å². The first-order valence-corrected chi connectivity index (χ1v) is 7.33. The fourth-order valence-corrected chi connectivity index (χ4v) is 1.87. The lowest BCUT2D eigenvalue weighted by Crippen LogP contribution is -2.35. The molecule has 0 atom stereocenters. The van der Waals surface area contributed by atoms with Crippen molar-refractivity contribution in [1.82, 2.24) is 0 Å². The molecule has 0 aliphatic carbocycles. The molecular weight excluding hydrogens is 252 g/mol. The van der Waals surface area contributed by atoms with Gasteiger partial charge in [0.15, 0.2) is 5.12 Å². The predicted molar refractivity (Wildman–Crippen MR) is 80.0 cm³/mol. The third-order valence-electron chi connectivity index (χ3n) is 2.17. The summed E-state index contributed by atoms with van der Waals surface area (Å²) in [7, 11) is 0. The van der Waals surface area contributed by atoms with Gasteiger partial charge in [0.25, 0.3) is 0 Å². The van der Waals surface area contributed by atoms with Gasteiger partial charge in [0.05, 0.1) is 12.2 Å². The molecule has 4 heteroatoms. The van der Waals surface area contributed by atoms with Gasteiger partial charge in [-0.05, 0) is 27.7 Å². The van der Waals surface area contributed by atoms with E-state index in [2.05, 4.69) is 12.6 Å². The van der Waals surface area contributed by atoms with Crippen LogP contribution in [-0.4, -0.2) is 27.8 Å². The van der Waals surface area contributed by atoms with Gasteiger partial charge >= 0.3 is 0 Å². The molecule has 0 spiro atoms. The van der Waals surface area contributed by atoms with Crippen LogP contribution >= 0.6 is 24.4 Å². The zero-order valence-corrected chi connectivity index (χ0v) is 13.8. The molecule has 0 aromatic carbocycles. The normalized spacial score (nSPS) is 13.9. The van der Waals surface area contributed by atoms with Crippen LogP contribution in [0.2, 0.25) is 0 Å². The molecule has 102 valence electrons. The Balaban J connectivity index is 4.36. The zero-order valence-electron chi connectivity index (χ0n) is 12.1. The Bertz CT molecular complexity index is 265. The highest BCUT2D eigenvalue weighted by molar-refractivity contribution is 8.14. The van der Waals surface area contributed by atoms with Crippen LogP contribution in [0.1, 0.15) is 48.5 Å². The molecule has 0 saturated heterocycles. The lowest BCUT2D eigenvalue weighted by atomic mass is 9.99. The Labute approximate surface area is 116 Å². The van der Waals surface area contributed by atoms with Gasteiger partial charge in [0.2, 0.25) is 0 Å². The molecule has 0 aliphatic heterocycles. The highest BCUT2D eigenvalue weighted by Gasteiger charge is 2.31. The van der Waals surface area contributed by atoms with Crippen molar-refractivity contribution in [3.05, 3.63) is 0 Å². The summed E-state index contributed by atoms with van der Waals surface area (Å²) in [5.74, 6) is 0.668. The number of ether oxygens (including phenoxy) is 1. The summed E-state index contributed by atoms with van der Waals surface area (Å²) in [6.07, 6.45) is 0. The summed E-state index contributed by atoms with van der Waals surface area (Å²) in [6.45, 7) is 14.5. The number of hydrogen-bond donors (Lipinski definition) is 1. The van der Waals surface area contributed by atoms with Crippen molar-refractivity contribution in [3.63, 3.8) is 0 Å². The molecule has 0 unspecified atom stereocenters. The van der Waals surface area contributed by atoms with E-state index in [1.54, 1.807) is 0 Å². The van der Waals surface area contributed by atoms with Gasteiger partial charge in [-0.15, -0.1) is 0 Å². The molecule has 0 N–H and O–H groups in total. The van der Waals surface area contributed by atoms with Gasteiger partial charge in [0, 0.05) is 15.9 Å². The smallest absolute Gasteiger partial charge is 0.194 e. The molecule has 0 bridgehead atoms. The molecule has 0 rings (SSSR count). The van der Waals surface area contributed by atoms with Crippen LogP contribution in [0.4, 0.5) is 0 Å². The van der Waals surface area contributed by atoms with Crippen molar-refractivity contribution in [3.8, 4) is 0 Å². The number of thiol groups is 1. The number of carbonyl (C=O) groups excluding carboxylic acids is 1. The van der Waals surface area contributed by atoms with Crippen LogP contribution in [-0.2, 0) is 9.53 Å². The third-order valence-corrected chi connectivity index (χ3v) is 4.40. The van der Waals surface area contributed by atoms with E-state index >= 15 is 0 Å². The number of hydrogen-bond acceptors (Lipinski definition) is 4. The van der Waals surface area contributed by atoms with Gasteiger partial charge in [-0.25, -0.2) is 0 Å². The Hall–Kier alpha value is 0.330. The molecule has 0 amide bonds. The van der Waals surface area contributed by atoms with E-state index in [-0.39, 0.29) is 20.9 Å². The van der Waals surface area contributed by atoms with Crippen LogP contribution < -0.4 is 0 Å². The van der Waals surface area contributed by atoms with Crippen molar-refractivity contribution in [2.75, 3.05) is 12.4 Å². The van der Waals surface area contributed by atoms with Crippen molar-refractivity contribution in [2.45, 2.75) is 58.8 Å². The number of rotatable bonds is 5. The van der Waals surface area contributed by atoms with Gasteiger partial charge in [-0.1, -0.05) is 32.5 Å². The van der Waals surface area contributed by atoms with Crippen LogP contribution in [0.5, 0.6) is 0 Å². The summed E-state index contributed by atoms with van der Waals surface area (Å²) in [4.78, 5) is 12.0. The minimum Gasteiger partial charge on any atom is -0.373 e. The maximum atomic E-state index is 12.0. The Morgan fingerprint density at radius 1 is 1.12 bits per heavy atom. The van der Waals surface area contributed by atoms with E-state index in [1.165, 1.54) is 11.8 Å². The molecule has 0 saturated carbocycles. The molecular formula is C13H26O2S2. The minimum absolute atomic E-state index is 0.203. The molecule has 0 aromatic heterocycles. The van der Waals surface area contributed by atoms with Crippen LogP contribution in [0.25, 0.3) is 0 Å². The number of carbonyl (C=O) groups is 1. The van der Waals surface area contributed by atoms with Gasteiger partial charge in [-0.2, -0.15) is 12.6 Å². The Morgan fingerprint density at radius 3 is 1.94 bits per heavy atom. The molecule has 2 nitrogen and oxygen atoms in total. The average molecular weight is 278 g/mol. The minimum atomic E-state index is -0.305. The summed E-state index contributed by atoms with van der Waals surface area (Å²) in [6, 6.07) is 0. The fraction of sp³-hybridized carbons (Fsp3) is 0.923. The second-order valence-corrected chi connectivity index (χ2v) is 8.60. The van der Waals surface area contributed by atoms with Crippen molar-refractivity contribution in [1.29, 1.82) is 0 Å². The van der Waals surface area contributed by atoms with Crippen LogP contribution in [0.15, 0.2) is 0 Å². The highest BCUT2D eigenvalue weighted by atomic mass is 32.2. The van der Waals surface area contributed by atoms with Crippen molar-refractivity contribution < 1.29 is 9.53 Å². The largest absolute Gasteiger partial charge is 0.373 e. The quantitative estimate of drug-likeness (QED) is 0.775. The van der Waals surface area contributed by atoms with Gasteiger partial charge < -0.3 is 4.74 Å². The lowest BCUT2D eigenvalue weighted by Gasteiger charge is -2.31. The van der Waals surface area contributed by atoms with E-state index in [4.69, 9.17) is 4.74 Å². The first kappa shape index (κ1) is 17.3. The van der Waals surface area contributed by atoms with E-state index in [9.17, 15) is 4.79 Å². The zero-order chi connectivity index (χ0) is 13.9. The second kappa shape index (κ2) is 5.98. The SMILES string of the molecule is CC(C)(CS)OCC(C)(C)SC(=O)C(C)(C)C. The van der Waals surface area contributed by atoms with E-state index in [1.807, 2.05) is 48.5 Å². The first-order valence-electron chi connectivity index (χ1n) is 5.88. The maximum Gasteiger partial charge on any atom is 0.194 e. The van der Waals surface area contributed by atoms with Crippen molar-refractivity contribution >= 4 is 29.5 Å². The average Bonchev–Trinajstić information content (AvgIpc) is 2.13. The predicted octanol–water partition coefficient (Wildman–Crippen LogP) is 3.80. The van der Waals surface area contributed by atoms with E-state index in [0.29, 0.717) is 12.4 Å². The molecule has 17 heavy (non-hydrogen) atoms. The summed E-state index contributed by atoms with van der Waals surface area (Å²) < 4.78 is 5.60. The third kappa shape index (κ3) is 7.37. The van der Waals surface area contributed by atoms with Crippen LogP contribution in [0.3, 0.4) is 0 Å². The molecule has 0 radical (unpaired) electrons. The monoisotopic (exact) mass is 278 g/mol. The van der Waals surface area contributed by atoms with Gasteiger partial charge in [-0.3, -0.25) is 4.79 Å². The standard InChI is InChI=1S/C13H26O2S2/c1-11(2,3)10(14)17-13(6,7)8-15-12(4,5)9-16/h16H,8-9H2,1-7H3. The van der Waals surface area contributed by atoms with Crippen LogP contribution in [0, 0.1) is 5.41 Å². The van der Waals surface area contributed by atoms with Gasteiger partial charge in [0.1, 0.15) is 0 Å². The second-order valence-electron chi connectivity index (χ2n) is 6.61. The molecule has 0 fully saturated rings. The summed E-state index contributed by atoms with van der Waals surface area (Å²) in [5.41, 5.74) is -0.549. The van der Waals surface area contributed by atoms with E-state index in [0.717, 1.165) is 0 Å². The molecule has 0 aromatic rings. The van der Waals surface area contributed by atoms with E-state index < -0.39 is 0 Å². The molecule has 0 heterocycles. The number of thioether (sulfide) groups is 1. The first-order chi connectivity index (χ1) is 7.40. The summed E-state index contributed by atoms with van der Waals surface area (Å²) >= 11 is 5.62.